The maximum Gasteiger partial charge on any atom is 0.327 e. The van der Waals surface area contributed by atoms with Crippen molar-refractivity contribution in [3.63, 3.8) is 0 Å². The number of nitrogens with one attached hydrogen (secondary N) is 1. The van der Waals surface area contributed by atoms with Gasteiger partial charge in [0.05, 0.1) is 4.47 Å². The van der Waals surface area contributed by atoms with Crippen LogP contribution in [0, 0.1) is 0 Å². The molecule has 1 heterocycles. The molecule has 0 radical (unpaired) electrons. The second kappa shape index (κ2) is 6.55. The highest BCUT2D eigenvalue weighted by Gasteiger charge is 2.19. The molecule has 1 aromatic heterocycles. The average Bonchev–Trinajstić information content (AvgIpc) is 2.25. The summed E-state index contributed by atoms with van der Waals surface area (Å²) in [5.74, 6) is -1.25. The van der Waals surface area contributed by atoms with Crippen LogP contribution in [0.4, 0.5) is 0 Å². The molecule has 1 amide bonds. The van der Waals surface area contributed by atoms with Crippen LogP contribution in [0.2, 0.25) is 0 Å². The van der Waals surface area contributed by atoms with E-state index in [1.807, 2.05) is 0 Å². The number of carboxylic acids is 1. The van der Waals surface area contributed by atoms with Crippen molar-refractivity contribution in [2.45, 2.75) is 18.0 Å². The minimum Gasteiger partial charge on any atom is -0.480 e. The number of carboxylic acid groups (broad SMARTS) is 1. The molecule has 17 heavy (non-hydrogen) atoms. The Labute approximate surface area is 110 Å². The fourth-order valence-electron chi connectivity index (χ4n) is 0.990. The van der Waals surface area contributed by atoms with Crippen LogP contribution in [0.3, 0.4) is 0 Å². The molecular weight excluding hydrogens is 310 g/mol. The van der Waals surface area contributed by atoms with Crippen LogP contribution in [0.15, 0.2) is 22.0 Å². The predicted octanol–water partition coefficient (Wildman–Crippen LogP) is 0.921. The van der Waals surface area contributed by atoms with Crippen molar-refractivity contribution >= 4 is 39.6 Å². The molecule has 0 aliphatic rings. The molecule has 0 aliphatic heterocycles. The minimum atomic E-state index is -1.07. The SMILES string of the molecule is CC(=O)N[C@@H](CSc1ncncc1Br)C(=O)O. The molecule has 8 heteroatoms. The van der Waals surface area contributed by atoms with Gasteiger partial charge in [-0.15, -0.1) is 11.8 Å². The molecule has 1 rings (SSSR count). The first-order valence-corrected chi connectivity index (χ1v) is 6.36. The van der Waals surface area contributed by atoms with E-state index in [-0.39, 0.29) is 11.7 Å². The Balaban J connectivity index is 2.61. The molecule has 0 aromatic carbocycles. The van der Waals surface area contributed by atoms with Gasteiger partial charge < -0.3 is 10.4 Å². The third-order valence-electron chi connectivity index (χ3n) is 1.70. The fourth-order valence-corrected chi connectivity index (χ4v) is 2.42. The third kappa shape index (κ3) is 4.70. The minimum absolute atomic E-state index is 0.199. The monoisotopic (exact) mass is 319 g/mol. The van der Waals surface area contributed by atoms with Crippen molar-refractivity contribution in [1.82, 2.24) is 15.3 Å². The van der Waals surface area contributed by atoms with Crippen LogP contribution in [-0.4, -0.2) is 38.7 Å². The predicted molar refractivity (Wildman–Crippen MR) is 65.7 cm³/mol. The van der Waals surface area contributed by atoms with Crippen molar-refractivity contribution in [2.75, 3.05) is 5.75 Å². The zero-order valence-electron chi connectivity index (χ0n) is 8.88. The Kier molecular flexibility index (Phi) is 5.36. The Morgan fingerprint density at radius 2 is 2.35 bits per heavy atom. The van der Waals surface area contributed by atoms with Gasteiger partial charge >= 0.3 is 5.97 Å². The topological polar surface area (TPSA) is 92.2 Å². The molecule has 1 atom stereocenters. The van der Waals surface area contributed by atoms with Crippen molar-refractivity contribution in [3.05, 3.63) is 17.0 Å². The summed E-state index contributed by atoms with van der Waals surface area (Å²) in [5, 5.41) is 11.9. The lowest BCUT2D eigenvalue weighted by atomic mass is 10.3. The standard InChI is InChI=1S/C9H10BrN3O3S/c1-5(14)13-7(9(15)16)3-17-8-6(10)2-11-4-12-8/h2,4,7H,3H2,1H3,(H,13,14)(H,15,16)/t7-/m0/s1. The van der Waals surface area contributed by atoms with Crippen molar-refractivity contribution < 1.29 is 14.7 Å². The zero-order valence-corrected chi connectivity index (χ0v) is 11.3. The summed E-state index contributed by atoms with van der Waals surface area (Å²) in [5.41, 5.74) is 0. The highest BCUT2D eigenvalue weighted by atomic mass is 79.9. The van der Waals surface area contributed by atoms with Gasteiger partial charge in [0.1, 0.15) is 17.4 Å². The van der Waals surface area contributed by atoms with Gasteiger partial charge in [-0.3, -0.25) is 4.79 Å². The fraction of sp³-hybridized carbons (Fsp3) is 0.333. The maximum atomic E-state index is 10.9. The van der Waals surface area contributed by atoms with Gasteiger partial charge in [0, 0.05) is 18.9 Å². The Hall–Kier alpha value is -1.15. The molecule has 2 N–H and O–H groups in total. The number of halogens is 1. The van der Waals surface area contributed by atoms with E-state index in [0.29, 0.717) is 9.50 Å². The largest absolute Gasteiger partial charge is 0.480 e. The number of carbonyl (C=O) groups is 2. The number of hydrogen-bond acceptors (Lipinski definition) is 5. The molecular formula is C9H10BrN3O3S. The first-order chi connectivity index (χ1) is 8.00. The van der Waals surface area contributed by atoms with E-state index >= 15 is 0 Å². The van der Waals surface area contributed by atoms with E-state index in [1.165, 1.54) is 25.0 Å². The van der Waals surface area contributed by atoms with E-state index in [1.54, 1.807) is 6.20 Å². The number of thioether (sulfide) groups is 1. The number of amides is 1. The van der Waals surface area contributed by atoms with Gasteiger partial charge in [-0.2, -0.15) is 0 Å². The lowest BCUT2D eigenvalue weighted by Gasteiger charge is -2.12. The van der Waals surface area contributed by atoms with Crippen LogP contribution < -0.4 is 5.32 Å². The molecule has 1 aromatic rings. The number of rotatable bonds is 5. The number of carbonyl (C=O) groups excluding carboxylic acids is 1. The molecule has 6 nitrogen and oxygen atoms in total. The van der Waals surface area contributed by atoms with Crippen LogP contribution in [0.5, 0.6) is 0 Å². The molecule has 0 bridgehead atoms. The second-order valence-electron chi connectivity index (χ2n) is 3.08. The normalized spacial score (nSPS) is 11.9. The Bertz CT molecular complexity index is 430. The van der Waals surface area contributed by atoms with E-state index in [4.69, 9.17) is 5.11 Å². The van der Waals surface area contributed by atoms with Gasteiger partial charge in [0.25, 0.3) is 0 Å². The van der Waals surface area contributed by atoms with E-state index in [2.05, 4.69) is 31.2 Å². The highest BCUT2D eigenvalue weighted by Crippen LogP contribution is 2.24. The van der Waals surface area contributed by atoms with Crippen molar-refractivity contribution in [2.24, 2.45) is 0 Å². The van der Waals surface area contributed by atoms with Crippen LogP contribution in [0.25, 0.3) is 0 Å². The first-order valence-electron chi connectivity index (χ1n) is 4.59. The number of hydrogen-bond donors (Lipinski definition) is 2. The first kappa shape index (κ1) is 13.9. The zero-order chi connectivity index (χ0) is 12.8. The molecule has 0 fully saturated rings. The lowest BCUT2D eigenvalue weighted by molar-refractivity contribution is -0.140. The quantitative estimate of drug-likeness (QED) is 0.619. The second-order valence-corrected chi connectivity index (χ2v) is 4.94. The van der Waals surface area contributed by atoms with Crippen LogP contribution in [0.1, 0.15) is 6.92 Å². The molecule has 92 valence electrons. The summed E-state index contributed by atoms with van der Waals surface area (Å²) in [7, 11) is 0. The Morgan fingerprint density at radius 1 is 1.65 bits per heavy atom. The summed E-state index contributed by atoms with van der Waals surface area (Å²) in [6.45, 7) is 1.28. The van der Waals surface area contributed by atoms with Crippen LogP contribution in [-0.2, 0) is 9.59 Å². The van der Waals surface area contributed by atoms with Gasteiger partial charge in [-0.1, -0.05) is 0 Å². The van der Waals surface area contributed by atoms with Crippen molar-refractivity contribution in [1.29, 1.82) is 0 Å². The number of nitrogens with zero attached hydrogens (tertiary/aromatic N) is 2. The van der Waals surface area contributed by atoms with Gasteiger partial charge in [0.15, 0.2) is 0 Å². The molecule has 0 aliphatic carbocycles. The summed E-state index contributed by atoms with van der Waals surface area (Å²) in [6, 6.07) is -0.931. The smallest absolute Gasteiger partial charge is 0.327 e. The van der Waals surface area contributed by atoms with E-state index < -0.39 is 12.0 Å². The molecule has 0 saturated heterocycles. The average molecular weight is 320 g/mol. The lowest BCUT2D eigenvalue weighted by Crippen LogP contribution is -2.41. The third-order valence-corrected chi connectivity index (χ3v) is 3.64. The van der Waals surface area contributed by atoms with Crippen molar-refractivity contribution in [3.8, 4) is 0 Å². The van der Waals surface area contributed by atoms with E-state index in [9.17, 15) is 9.59 Å². The van der Waals surface area contributed by atoms with Gasteiger partial charge in [0.2, 0.25) is 5.91 Å². The summed E-state index contributed by atoms with van der Waals surface area (Å²) < 4.78 is 0.692. The van der Waals surface area contributed by atoms with Gasteiger partial charge in [-0.25, -0.2) is 14.8 Å². The highest BCUT2D eigenvalue weighted by molar-refractivity contribution is 9.10. The molecule has 0 unspecified atom stereocenters. The number of aromatic nitrogens is 2. The summed E-state index contributed by atoms with van der Waals surface area (Å²) in [6.07, 6.45) is 2.95. The molecule has 0 saturated carbocycles. The van der Waals surface area contributed by atoms with E-state index in [0.717, 1.165) is 0 Å². The maximum absolute atomic E-state index is 10.9. The molecule has 0 spiro atoms. The summed E-state index contributed by atoms with van der Waals surface area (Å²) in [4.78, 5) is 29.5. The van der Waals surface area contributed by atoms with Gasteiger partial charge in [-0.05, 0) is 15.9 Å². The Morgan fingerprint density at radius 3 is 2.88 bits per heavy atom. The summed E-state index contributed by atoms with van der Waals surface area (Å²) >= 11 is 4.49. The number of aliphatic carboxylic acids is 1. The van der Waals surface area contributed by atoms with Crippen LogP contribution >= 0.6 is 27.7 Å².